The van der Waals surface area contributed by atoms with E-state index in [1.807, 2.05) is 30.3 Å². The number of rotatable bonds is 6. The van der Waals surface area contributed by atoms with Crippen LogP contribution in [-0.4, -0.2) is 54.3 Å². The number of amides is 1. The first kappa shape index (κ1) is 20.3. The monoisotopic (exact) mass is 400 g/mol. The second-order valence-corrected chi connectivity index (χ2v) is 6.47. The van der Waals surface area contributed by atoms with Crippen molar-refractivity contribution in [2.24, 2.45) is 0 Å². The third kappa shape index (κ3) is 5.08. The molecule has 1 aliphatic heterocycles. The van der Waals surface area contributed by atoms with Gasteiger partial charge in [0.2, 0.25) is 0 Å². The predicted molar refractivity (Wildman–Crippen MR) is 101 cm³/mol. The summed E-state index contributed by atoms with van der Waals surface area (Å²) in [5.41, 5.74) is 0.921. The quantitative estimate of drug-likeness (QED) is 0.417. The number of nitrogens with zero attached hydrogens (tertiary/aromatic N) is 2. The summed E-state index contributed by atoms with van der Waals surface area (Å²) in [4.78, 5) is 36.3. The van der Waals surface area contributed by atoms with Crippen LogP contribution in [0.4, 0.5) is 10.5 Å². The number of methoxy groups -OCH3 is 1. The number of nitro benzene ring substituents is 1. The minimum atomic E-state index is -0.674. The maximum atomic E-state index is 12.3. The molecule has 0 saturated carbocycles. The molecule has 1 fully saturated rings. The van der Waals surface area contributed by atoms with Gasteiger partial charge in [-0.05, 0) is 17.7 Å². The van der Waals surface area contributed by atoms with E-state index in [-0.39, 0.29) is 30.9 Å². The number of nitro groups is 1. The summed E-state index contributed by atoms with van der Waals surface area (Å²) in [5, 5.41) is 10.7. The maximum absolute atomic E-state index is 12.3. The summed E-state index contributed by atoms with van der Waals surface area (Å²) >= 11 is 0. The van der Waals surface area contributed by atoms with Crippen LogP contribution in [0.15, 0.2) is 54.6 Å². The molecule has 0 N–H and O–H groups in total. The van der Waals surface area contributed by atoms with E-state index in [4.69, 9.17) is 14.2 Å². The molecule has 29 heavy (non-hydrogen) atoms. The number of ether oxygens (including phenoxy) is 3. The van der Waals surface area contributed by atoms with Gasteiger partial charge in [-0.3, -0.25) is 10.1 Å². The van der Waals surface area contributed by atoms with Crippen molar-refractivity contribution in [3.8, 4) is 0 Å². The van der Waals surface area contributed by atoms with Crippen LogP contribution in [0.25, 0.3) is 0 Å². The van der Waals surface area contributed by atoms with E-state index in [1.165, 1.54) is 36.3 Å². The Labute approximate surface area is 166 Å². The van der Waals surface area contributed by atoms with Gasteiger partial charge in [-0.1, -0.05) is 30.3 Å². The summed E-state index contributed by atoms with van der Waals surface area (Å²) in [6.07, 6.45) is -1.70. The molecule has 1 aliphatic rings. The highest BCUT2D eigenvalue weighted by molar-refractivity contribution is 5.89. The number of esters is 1. The number of non-ortho nitro benzene ring substituents is 1. The molecule has 0 unspecified atom stereocenters. The fourth-order valence-electron chi connectivity index (χ4n) is 2.97. The van der Waals surface area contributed by atoms with Gasteiger partial charge in [-0.2, -0.15) is 0 Å². The van der Waals surface area contributed by atoms with Gasteiger partial charge >= 0.3 is 12.1 Å². The Balaban J connectivity index is 1.57. The summed E-state index contributed by atoms with van der Waals surface area (Å²) in [6.45, 7) is 0.494. The van der Waals surface area contributed by atoms with Gasteiger partial charge in [0.05, 0.1) is 23.6 Å². The number of carbonyl (C=O) groups excluding carboxylic acids is 2. The standard InChI is InChI=1S/C20H20N2O7/c1-27-17-11-21(20(24)28-13-14-5-3-2-4-6-14)12-18(17)29-19(23)15-7-9-16(10-8-15)22(25)26/h2-10,17-18H,11-13H2,1H3/t17-,18+/m1/s1. The molecular formula is C20H20N2O7. The van der Waals surface area contributed by atoms with E-state index in [9.17, 15) is 19.7 Å². The van der Waals surface area contributed by atoms with Crippen molar-refractivity contribution in [2.75, 3.05) is 20.2 Å². The minimum absolute atomic E-state index is 0.121. The van der Waals surface area contributed by atoms with Gasteiger partial charge in [-0.15, -0.1) is 0 Å². The summed E-state index contributed by atoms with van der Waals surface area (Å²) in [7, 11) is 1.47. The SMILES string of the molecule is CO[C@@H]1CN(C(=O)OCc2ccccc2)C[C@@H]1OC(=O)c1ccc([N+](=O)[O-])cc1. The van der Waals surface area contributed by atoms with Crippen molar-refractivity contribution in [2.45, 2.75) is 18.8 Å². The van der Waals surface area contributed by atoms with Gasteiger partial charge in [0.25, 0.3) is 5.69 Å². The summed E-state index contributed by atoms with van der Waals surface area (Å²) < 4.78 is 16.1. The highest BCUT2D eigenvalue weighted by Gasteiger charge is 2.39. The molecule has 1 heterocycles. The molecule has 1 amide bonds. The Morgan fingerprint density at radius 1 is 1.07 bits per heavy atom. The predicted octanol–water partition coefficient (Wildman–Crippen LogP) is 2.79. The number of carbonyl (C=O) groups is 2. The van der Waals surface area contributed by atoms with Gasteiger partial charge in [0.15, 0.2) is 0 Å². The topological polar surface area (TPSA) is 108 Å². The number of hydrogen-bond donors (Lipinski definition) is 0. The van der Waals surface area contributed by atoms with Crippen molar-refractivity contribution in [1.29, 1.82) is 0 Å². The first-order valence-corrected chi connectivity index (χ1v) is 8.92. The third-order valence-electron chi connectivity index (χ3n) is 4.55. The Hall–Kier alpha value is -3.46. The summed E-state index contributed by atoms with van der Waals surface area (Å²) in [6, 6.07) is 14.4. The molecule has 2 aromatic rings. The Kier molecular flexibility index (Phi) is 6.40. The van der Waals surface area contributed by atoms with E-state index >= 15 is 0 Å². The fraction of sp³-hybridized carbons (Fsp3) is 0.300. The zero-order valence-corrected chi connectivity index (χ0v) is 15.7. The molecule has 0 aliphatic carbocycles. The summed E-state index contributed by atoms with van der Waals surface area (Å²) in [5.74, 6) is -0.647. The van der Waals surface area contributed by atoms with Crippen LogP contribution in [0.1, 0.15) is 15.9 Å². The van der Waals surface area contributed by atoms with Crippen molar-refractivity contribution in [1.82, 2.24) is 4.90 Å². The van der Waals surface area contributed by atoms with E-state index in [0.29, 0.717) is 0 Å². The normalized spacial score (nSPS) is 18.3. The van der Waals surface area contributed by atoms with Crippen LogP contribution in [0.2, 0.25) is 0 Å². The number of hydrogen-bond acceptors (Lipinski definition) is 7. The van der Waals surface area contributed by atoms with Crippen LogP contribution < -0.4 is 0 Å². The zero-order chi connectivity index (χ0) is 20.8. The molecule has 0 bridgehead atoms. The van der Waals surface area contributed by atoms with Crippen LogP contribution in [-0.2, 0) is 20.8 Å². The average Bonchev–Trinajstić information content (AvgIpc) is 3.15. The lowest BCUT2D eigenvalue weighted by Gasteiger charge is -2.17. The van der Waals surface area contributed by atoms with E-state index in [2.05, 4.69) is 0 Å². The Bertz CT molecular complexity index is 870. The van der Waals surface area contributed by atoms with Crippen molar-refractivity contribution in [3.05, 3.63) is 75.8 Å². The Morgan fingerprint density at radius 2 is 1.72 bits per heavy atom. The van der Waals surface area contributed by atoms with Crippen LogP contribution >= 0.6 is 0 Å². The van der Waals surface area contributed by atoms with E-state index in [0.717, 1.165) is 5.56 Å². The highest BCUT2D eigenvalue weighted by Crippen LogP contribution is 2.20. The van der Waals surface area contributed by atoms with Crippen molar-refractivity contribution < 1.29 is 28.7 Å². The zero-order valence-electron chi connectivity index (χ0n) is 15.7. The fourth-order valence-corrected chi connectivity index (χ4v) is 2.97. The first-order valence-electron chi connectivity index (χ1n) is 8.92. The Morgan fingerprint density at radius 3 is 2.34 bits per heavy atom. The molecule has 0 radical (unpaired) electrons. The molecule has 152 valence electrons. The van der Waals surface area contributed by atoms with E-state index < -0.39 is 29.2 Å². The molecule has 2 aromatic carbocycles. The molecule has 2 atom stereocenters. The van der Waals surface area contributed by atoms with Crippen LogP contribution in [0.3, 0.4) is 0 Å². The van der Waals surface area contributed by atoms with Gasteiger partial charge in [0, 0.05) is 19.2 Å². The third-order valence-corrected chi connectivity index (χ3v) is 4.55. The van der Waals surface area contributed by atoms with Crippen molar-refractivity contribution in [3.63, 3.8) is 0 Å². The molecule has 0 spiro atoms. The molecule has 1 saturated heterocycles. The number of likely N-dealkylation sites (tertiary alicyclic amines) is 1. The maximum Gasteiger partial charge on any atom is 0.410 e. The molecule has 0 aromatic heterocycles. The molecule has 3 rings (SSSR count). The second kappa shape index (κ2) is 9.16. The number of benzene rings is 2. The van der Waals surface area contributed by atoms with Gasteiger partial charge in [-0.25, -0.2) is 9.59 Å². The largest absolute Gasteiger partial charge is 0.454 e. The van der Waals surface area contributed by atoms with Crippen LogP contribution in [0, 0.1) is 10.1 Å². The van der Waals surface area contributed by atoms with Crippen LogP contribution in [0.5, 0.6) is 0 Å². The van der Waals surface area contributed by atoms with E-state index in [1.54, 1.807) is 0 Å². The lowest BCUT2D eigenvalue weighted by molar-refractivity contribution is -0.384. The smallest absolute Gasteiger partial charge is 0.410 e. The van der Waals surface area contributed by atoms with Crippen molar-refractivity contribution >= 4 is 17.7 Å². The highest BCUT2D eigenvalue weighted by atomic mass is 16.6. The minimum Gasteiger partial charge on any atom is -0.454 e. The second-order valence-electron chi connectivity index (χ2n) is 6.47. The molecule has 9 nitrogen and oxygen atoms in total. The average molecular weight is 400 g/mol. The lowest BCUT2D eigenvalue weighted by Crippen LogP contribution is -2.31. The molecular weight excluding hydrogens is 380 g/mol. The van der Waals surface area contributed by atoms with Gasteiger partial charge in [0.1, 0.15) is 18.8 Å². The molecule has 9 heteroatoms. The first-order chi connectivity index (χ1) is 14.0. The lowest BCUT2D eigenvalue weighted by atomic mass is 10.2. The van der Waals surface area contributed by atoms with Gasteiger partial charge < -0.3 is 19.1 Å².